The predicted molar refractivity (Wildman–Crippen MR) is 118 cm³/mol. The Morgan fingerprint density at radius 3 is 2.31 bits per heavy atom. The lowest BCUT2D eigenvalue weighted by molar-refractivity contribution is -0.145. The lowest BCUT2D eigenvalue weighted by Gasteiger charge is -2.30. The van der Waals surface area contributed by atoms with Crippen molar-refractivity contribution in [1.29, 1.82) is 0 Å². The number of hydrogen-bond acceptors (Lipinski definition) is 8. The molecule has 0 spiro atoms. The van der Waals surface area contributed by atoms with Gasteiger partial charge in [0.2, 0.25) is 17.7 Å². The number of carboxylic acids is 2. The van der Waals surface area contributed by atoms with Gasteiger partial charge in [-0.15, -0.1) is 0 Å². The Hall–Kier alpha value is -2.38. The van der Waals surface area contributed by atoms with E-state index in [1.54, 1.807) is 0 Å². The molecule has 1 aliphatic rings. The number of amides is 3. The van der Waals surface area contributed by atoms with Gasteiger partial charge in [-0.2, -0.15) is 12.6 Å². The van der Waals surface area contributed by atoms with Crippen molar-refractivity contribution in [3.05, 3.63) is 0 Å². The van der Waals surface area contributed by atoms with Crippen LogP contribution in [-0.4, -0.2) is 87.8 Å². The van der Waals surface area contributed by atoms with Crippen LogP contribution in [0.1, 0.15) is 44.9 Å². The van der Waals surface area contributed by atoms with Crippen molar-refractivity contribution < 1.29 is 34.2 Å². The van der Waals surface area contributed by atoms with Crippen molar-refractivity contribution in [2.75, 3.05) is 18.8 Å². The van der Waals surface area contributed by atoms with E-state index in [1.165, 1.54) is 4.90 Å². The molecule has 1 fully saturated rings. The van der Waals surface area contributed by atoms with Crippen LogP contribution in [0.4, 0.5) is 0 Å². The standard InChI is InChI=1S/C19H33N5O7S/c20-8-2-1-4-12(22-16(27)11(21)10-32)18(29)24-9-3-5-14(24)17(28)23-13(19(30)31)6-7-15(25)26/h11-14,32H,1-10,20-21H2,(H,22,27)(H,23,28)(H,25,26)(H,30,31). The number of hydrogen-bond donors (Lipinski definition) is 7. The van der Waals surface area contributed by atoms with E-state index in [0.717, 1.165) is 0 Å². The van der Waals surface area contributed by atoms with Crippen LogP contribution in [0.15, 0.2) is 0 Å². The van der Waals surface area contributed by atoms with E-state index in [4.69, 9.17) is 16.6 Å². The molecule has 0 aromatic carbocycles. The van der Waals surface area contributed by atoms with E-state index in [2.05, 4.69) is 23.3 Å². The number of nitrogens with two attached hydrogens (primary N) is 2. The molecule has 182 valence electrons. The summed E-state index contributed by atoms with van der Waals surface area (Å²) in [5.41, 5.74) is 11.2. The van der Waals surface area contributed by atoms with Crippen molar-refractivity contribution in [1.82, 2.24) is 15.5 Å². The highest BCUT2D eigenvalue weighted by atomic mass is 32.1. The molecule has 1 saturated heterocycles. The van der Waals surface area contributed by atoms with Crippen LogP contribution in [-0.2, 0) is 24.0 Å². The van der Waals surface area contributed by atoms with Gasteiger partial charge < -0.3 is 37.2 Å². The van der Waals surface area contributed by atoms with Crippen molar-refractivity contribution in [3.63, 3.8) is 0 Å². The second-order valence-corrected chi connectivity index (χ2v) is 8.02. The minimum Gasteiger partial charge on any atom is -0.481 e. The van der Waals surface area contributed by atoms with E-state index in [1.807, 2.05) is 0 Å². The first-order valence-electron chi connectivity index (χ1n) is 10.5. The summed E-state index contributed by atoms with van der Waals surface area (Å²) in [4.78, 5) is 61.6. The quantitative estimate of drug-likeness (QED) is 0.113. The van der Waals surface area contributed by atoms with Gasteiger partial charge in [0.15, 0.2) is 0 Å². The monoisotopic (exact) mass is 475 g/mol. The van der Waals surface area contributed by atoms with Crippen molar-refractivity contribution >= 4 is 42.3 Å². The number of thiol groups is 1. The van der Waals surface area contributed by atoms with Crippen molar-refractivity contribution in [2.45, 2.75) is 69.1 Å². The number of nitrogens with one attached hydrogen (secondary N) is 2. The molecule has 4 atom stereocenters. The molecule has 0 saturated carbocycles. The van der Waals surface area contributed by atoms with Gasteiger partial charge in [0.1, 0.15) is 18.1 Å². The van der Waals surface area contributed by atoms with Crippen LogP contribution in [0, 0.1) is 0 Å². The average molecular weight is 476 g/mol. The zero-order valence-electron chi connectivity index (χ0n) is 17.9. The number of likely N-dealkylation sites (tertiary alicyclic amines) is 1. The zero-order chi connectivity index (χ0) is 24.3. The number of carbonyl (C=O) groups excluding carboxylic acids is 3. The summed E-state index contributed by atoms with van der Waals surface area (Å²) in [6, 6.07) is -4.10. The number of carboxylic acid groups (broad SMARTS) is 2. The molecule has 13 heteroatoms. The lowest BCUT2D eigenvalue weighted by Crippen LogP contribution is -2.57. The van der Waals surface area contributed by atoms with Crippen LogP contribution in [0.25, 0.3) is 0 Å². The number of rotatable bonds is 14. The first kappa shape index (κ1) is 27.7. The summed E-state index contributed by atoms with van der Waals surface area (Å²) >= 11 is 3.99. The molecule has 0 aromatic heterocycles. The maximum atomic E-state index is 13.2. The van der Waals surface area contributed by atoms with Crippen molar-refractivity contribution in [2.24, 2.45) is 11.5 Å². The van der Waals surface area contributed by atoms with Crippen LogP contribution in [0.3, 0.4) is 0 Å². The number of carbonyl (C=O) groups is 5. The largest absolute Gasteiger partial charge is 0.481 e. The molecule has 0 aromatic rings. The summed E-state index contributed by atoms with van der Waals surface area (Å²) in [5, 5.41) is 23.0. The molecule has 1 heterocycles. The van der Waals surface area contributed by atoms with E-state index < -0.39 is 60.2 Å². The normalized spacial score (nSPS) is 18.5. The third kappa shape index (κ3) is 8.63. The molecule has 3 amide bonds. The average Bonchev–Trinajstić information content (AvgIpc) is 3.24. The molecule has 32 heavy (non-hydrogen) atoms. The summed E-state index contributed by atoms with van der Waals surface area (Å²) in [5.74, 6) is -4.12. The van der Waals surface area contributed by atoms with Gasteiger partial charge in [-0.1, -0.05) is 0 Å². The fraction of sp³-hybridized carbons (Fsp3) is 0.737. The van der Waals surface area contributed by atoms with E-state index >= 15 is 0 Å². The van der Waals surface area contributed by atoms with Crippen LogP contribution in [0.2, 0.25) is 0 Å². The van der Waals surface area contributed by atoms with Crippen LogP contribution >= 0.6 is 12.6 Å². The van der Waals surface area contributed by atoms with E-state index in [-0.39, 0.29) is 18.7 Å². The molecule has 8 N–H and O–H groups in total. The molecule has 4 unspecified atom stereocenters. The predicted octanol–water partition coefficient (Wildman–Crippen LogP) is -1.72. The summed E-state index contributed by atoms with van der Waals surface area (Å²) in [6.07, 6.45) is 1.67. The number of nitrogens with zero attached hydrogens (tertiary/aromatic N) is 1. The van der Waals surface area contributed by atoms with E-state index in [9.17, 15) is 29.1 Å². The molecular weight excluding hydrogens is 442 g/mol. The highest BCUT2D eigenvalue weighted by Gasteiger charge is 2.39. The smallest absolute Gasteiger partial charge is 0.326 e. The third-order valence-electron chi connectivity index (χ3n) is 5.19. The van der Waals surface area contributed by atoms with Crippen LogP contribution in [0.5, 0.6) is 0 Å². The maximum Gasteiger partial charge on any atom is 0.326 e. The van der Waals surface area contributed by atoms with Gasteiger partial charge in [0, 0.05) is 18.7 Å². The topological polar surface area (TPSA) is 205 Å². The Kier molecular flexibility index (Phi) is 12.0. The maximum absolute atomic E-state index is 13.2. The Labute approximate surface area is 191 Å². The summed E-state index contributed by atoms with van der Waals surface area (Å²) in [6.45, 7) is 0.693. The van der Waals surface area contributed by atoms with Gasteiger partial charge in [-0.3, -0.25) is 19.2 Å². The summed E-state index contributed by atoms with van der Waals surface area (Å²) < 4.78 is 0. The Morgan fingerprint density at radius 1 is 1.06 bits per heavy atom. The van der Waals surface area contributed by atoms with E-state index in [0.29, 0.717) is 38.6 Å². The van der Waals surface area contributed by atoms with Gasteiger partial charge in [0.25, 0.3) is 0 Å². The van der Waals surface area contributed by atoms with Crippen LogP contribution < -0.4 is 22.1 Å². The van der Waals surface area contributed by atoms with Crippen molar-refractivity contribution in [3.8, 4) is 0 Å². The summed E-state index contributed by atoms with van der Waals surface area (Å²) in [7, 11) is 0. The first-order valence-corrected chi connectivity index (χ1v) is 11.2. The first-order chi connectivity index (χ1) is 15.1. The number of unbranched alkanes of at least 4 members (excludes halogenated alkanes) is 1. The number of aliphatic carboxylic acids is 2. The fourth-order valence-corrected chi connectivity index (χ4v) is 3.57. The fourth-order valence-electron chi connectivity index (χ4n) is 3.41. The minimum absolute atomic E-state index is 0.0945. The highest BCUT2D eigenvalue weighted by molar-refractivity contribution is 7.80. The Morgan fingerprint density at radius 2 is 1.75 bits per heavy atom. The zero-order valence-corrected chi connectivity index (χ0v) is 18.8. The third-order valence-corrected chi connectivity index (χ3v) is 5.59. The van der Waals surface area contributed by atoms with Gasteiger partial charge >= 0.3 is 11.9 Å². The lowest BCUT2D eigenvalue weighted by atomic mass is 10.1. The molecule has 1 rings (SSSR count). The molecule has 0 bridgehead atoms. The second kappa shape index (κ2) is 13.9. The molecular formula is C19H33N5O7S. The van der Waals surface area contributed by atoms with Gasteiger partial charge in [-0.25, -0.2) is 4.79 Å². The molecule has 1 aliphatic heterocycles. The highest BCUT2D eigenvalue weighted by Crippen LogP contribution is 2.20. The minimum atomic E-state index is -1.38. The molecule has 0 aliphatic carbocycles. The van der Waals surface area contributed by atoms with Gasteiger partial charge in [-0.05, 0) is 45.1 Å². The molecule has 0 radical (unpaired) electrons. The van der Waals surface area contributed by atoms with Gasteiger partial charge in [0.05, 0.1) is 6.04 Å². The SMILES string of the molecule is NCCCCC(NC(=O)C(N)CS)C(=O)N1CCCC1C(=O)NC(CCC(=O)O)C(=O)O. The Bertz CT molecular complexity index is 693. The Balaban J connectivity index is 2.91. The molecule has 12 nitrogen and oxygen atoms in total. The second-order valence-electron chi connectivity index (χ2n) is 7.66.